The zero-order valence-electron chi connectivity index (χ0n) is 11.7. The molecule has 22 heavy (non-hydrogen) atoms. The zero-order valence-corrected chi connectivity index (χ0v) is 13.9. The molecule has 0 aliphatic heterocycles. The van der Waals surface area contributed by atoms with E-state index in [0.29, 0.717) is 20.3 Å². The van der Waals surface area contributed by atoms with Gasteiger partial charge in [-0.1, -0.05) is 6.07 Å². The summed E-state index contributed by atoms with van der Waals surface area (Å²) in [5, 5.41) is 3.54. The third-order valence-corrected chi connectivity index (χ3v) is 3.85. The standard InChI is InChI=1S/C14H14F3IN2O2/c1-2-22-13(21)7-19-10-4-3-5-11-9(10)6-12(18)20(11)8-14(15,16)17/h3-6,19H,2,7-8H2,1H3. The molecule has 1 N–H and O–H groups in total. The highest BCUT2D eigenvalue weighted by atomic mass is 127. The van der Waals surface area contributed by atoms with E-state index in [1.165, 1.54) is 4.57 Å². The summed E-state index contributed by atoms with van der Waals surface area (Å²) in [6.07, 6.45) is -4.29. The van der Waals surface area contributed by atoms with Gasteiger partial charge < -0.3 is 14.6 Å². The van der Waals surface area contributed by atoms with E-state index in [1.807, 2.05) is 22.6 Å². The average Bonchev–Trinajstić information content (AvgIpc) is 2.72. The molecule has 1 aromatic heterocycles. The molecule has 0 radical (unpaired) electrons. The van der Waals surface area contributed by atoms with E-state index >= 15 is 0 Å². The van der Waals surface area contributed by atoms with Crippen LogP contribution in [0.5, 0.6) is 0 Å². The Labute approximate surface area is 138 Å². The number of fused-ring (bicyclic) bond motifs is 1. The van der Waals surface area contributed by atoms with Crippen molar-refractivity contribution in [2.45, 2.75) is 19.6 Å². The Morgan fingerprint density at radius 2 is 2.14 bits per heavy atom. The van der Waals surface area contributed by atoms with Gasteiger partial charge in [-0.15, -0.1) is 0 Å². The number of esters is 1. The lowest BCUT2D eigenvalue weighted by atomic mass is 10.2. The molecule has 0 aliphatic carbocycles. The van der Waals surface area contributed by atoms with Crippen LogP contribution in [0, 0.1) is 3.70 Å². The Morgan fingerprint density at radius 3 is 2.77 bits per heavy atom. The van der Waals surface area contributed by atoms with E-state index in [9.17, 15) is 18.0 Å². The van der Waals surface area contributed by atoms with Gasteiger partial charge in [-0.3, -0.25) is 4.79 Å². The first-order chi connectivity index (χ1) is 10.3. The van der Waals surface area contributed by atoms with Crippen LogP contribution in [0.3, 0.4) is 0 Å². The summed E-state index contributed by atoms with van der Waals surface area (Å²) in [7, 11) is 0. The van der Waals surface area contributed by atoms with Gasteiger partial charge in [0.1, 0.15) is 13.1 Å². The monoisotopic (exact) mass is 426 g/mol. The van der Waals surface area contributed by atoms with Crippen molar-refractivity contribution in [3.8, 4) is 0 Å². The third-order valence-electron chi connectivity index (χ3n) is 2.96. The number of halogens is 4. The molecular weight excluding hydrogens is 412 g/mol. The summed E-state index contributed by atoms with van der Waals surface area (Å²) in [5.41, 5.74) is 1.07. The first-order valence-electron chi connectivity index (χ1n) is 6.56. The van der Waals surface area contributed by atoms with Crippen molar-refractivity contribution in [3.05, 3.63) is 28.0 Å². The summed E-state index contributed by atoms with van der Waals surface area (Å²) in [5.74, 6) is -0.413. The van der Waals surface area contributed by atoms with Crippen molar-refractivity contribution in [1.82, 2.24) is 4.57 Å². The second-order valence-electron chi connectivity index (χ2n) is 4.57. The van der Waals surface area contributed by atoms with Crippen LogP contribution in [-0.4, -0.2) is 29.9 Å². The van der Waals surface area contributed by atoms with Gasteiger partial charge in [0.2, 0.25) is 0 Å². The number of rotatable bonds is 5. The number of nitrogens with one attached hydrogen (secondary N) is 1. The number of carbonyl (C=O) groups excluding carboxylic acids is 1. The average molecular weight is 426 g/mol. The maximum absolute atomic E-state index is 12.7. The minimum atomic E-state index is -4.29. The lowest BCUT2D eigenvalue weighted by molar-refractivity contribution is -0.141. The van der Waals surface area contributed by atoms with Crippen LogP contribution in [0.25, 0.3) is 10.9 Å². The smallest absolute Gasteiger partial charge is 0.406 e. The number of nitrogens with zero attached hydrogens (tertiary/aromatic N) is 1. The molecule has 0 spiro atoms. The number of alkyl halides is 3. The number of aromatic nitrogens is 1. The molecule has 120 valence electrons. The van der Waals surface area contributed by atoms with Crippen molar-refractivity contribution in [2.75, 3.05) is 18.5 Å². The molecule has 0 saturated heterocycles. The second-order valence-corrected chi connectivity index (χ2v) is 5.67. The molecule has 1 heterocycles. The minimum Gasteiger partial charge on any atom is -0.465 e. The van der Waals surface area contributed by atoms with Gasteiger partial charge in [0, 0.05) is 11.1 Å². The lowest BCUT2D eigenvalue weighted by Gasteiger charge is -2.11. The first-order valence-corrected chi connectivity index (χ1v) is 7.63. The molecule has 0 bridgehead atoms. The van der Waals surface area contributed by atoms with E-state index < -0.39 is 18.7 Å². The fourth-order valence-corrected chi connectivity index (χ4v) is 2.87. The molecule has 8 heteroatoms. The topological polar surface area (TPSA) is 43.3 Å². The maximum atomic E-state index is 12.7. The Morgan fingerprint density at radius 1 is 1.41 bits per heavy atom. The van der Waals surface area contributed by atoms with Crippen LogP contribution in [0.1, 0.15) is 6.92 Å². The molecule has 1 aromatic carbocycles. The van der Waals surface area contributed by atoms with Crippen molar-refractivity contribution in [3.63, 3.8) is 0 Å². The Hall–Kier alpha value is -1.45. The van der Waals surface area contributed by atoms with E-state index in [2.05, 4.69) is 5.32 Å². The van der Waals surface area contributed by atoms with Gasteiger partial charge in [-0.05, 0) is 47.7 Å². The highest BCUT2D eigenvalue weighted by Crippen LogP contribution is 2.30. The molecule has 2 rings (SSSR count). The zero-order chi connectivity index (χ0) is 16.3. The van der Waals surface area contributed by atoms with Crippen LogP contribution in [-0.2, 0) is 16.1 Å². The molecule has 0 amide bonds. The predicted octanol–water partition coefficient (Wildman–Crippen LogP) is 3.78. The van der Waals surface area contributed by atoms with Gasteiger partial charge in [0.25, 0.3) is 0 Å². The van der Waals surface area contributed by atoms with Crippen LogP contribution in [0.15, 0.2) is 24.3 Å². The number of hydrogen-bond donors (Lipinski definition) is 1. The molecule has 4 nitrogen and oxygen atoms in total. The highest BCUT2D eigenvalue weighted by Gasteiger charge is 2.29. The minimum absolute atomic E-state index is 0.0337. The highest BCUT2D eigenvalue weighted by molar-refractivity contribution is 14.1. The maximum Gasteiger partial charge on any atom is 0.406 e. The predicted molar refractivity (Wildman–Crippen MR) is 85.8 cm³/mol. The Bertz CT molecular complexity index is 683. The van der Waals surface area contributed by atoms with Crippen LogP contribution in [0.4, 0.5) is 18.9 Å². The summed E-state index contributed by atoms with van der Waals surface area (Å²) < 4.78 is 44.5. The van der Waals surface area contributed by atoms with Crippen molar-refractivity contribution >= 4 is 45.2 Å². The molecule has 2 aromatic rings. The van der Waals surface area contributed by atoms with Gasteiger partial charge in [0.05, 0.1) is 15.8 Å². The molecule has 0 saturated carbocycles. The van der Waals surface area contributed by atoms with E-state index in [4.69, 9.17) is 4.74 Å². The summed E-state index contributed by atoms with van der Waals surface area (Å²) in [6, 6.07) is 6.66. The molecule has 0 atom stereocenters. The molecule has 0 fully saturated rings. The summed E-state index contributed by atoms with van der Waals surface area (Å²) >= 11 is 1.87. The molecule has 0 aliphatic rings. The van der Waals surface area contributed by atoms with E-state index in [0.717, 1.165) is 0 Å². The van der Waals surface area contributed by atoms with E-state index in [1.54, 1.807) is 31.2 Å². The largest absolute Gasteiger partial charge is 0.465 e. The molecule has 0 unspecified atom stereocenters. The number of anilines is 1. The van der Waals surface area contributed by atoms with Gasteiger partial charge >= 0.3 is 12.1 Å². The van der Waals surface area contributed by atoms with E-state index in [-0.39, 0.29) is 13.2 Å². The quantitative estimate of drug-likeness (QED) is 0.585. The van der Waals surface area contributed by atoms with Gasteiger partial charge in [-0.25, -0.2) is 0 Å². The van der Waals surface area contributed by atoms with Crippen molar-refractivity contribution in [1.29, 1.82) is 0 Å². The second kappa shape index (κ2) is 6.76. The number of carbonyl (C=O) groups is 1. The van der Waals surface area contributed by atoms with Crippen LogP contribution >= 0.6 is 22.6 Å². The number of benzene rings is 1. The van der Waals surface area contributed by atoms with Crippen LogP contribution < -0.4 is 5.32 Å². The Kier molecular flexibility index (Phi) is 5.20. The van der Waals surface area contributed by atoms with Crippen molar-refractivity contribution in [2.24, 2.45) is 0 Å². The SMILES string of the molecule is CCOC(=O)CNc1cccc2c1cc(I)n2CC(F)(F)F. The molecular formula is C14H14F3IN2O2. The first kappa shape index (κ1) is 16.9. The fraction of sp³-hybridized carbons (Fsp3) is 0.357. The summed E-state index contributed by atoms with van der Waals surface area (Å²) in [6.45, 7) is 0.910. The Balaban J connectivity index is 2.30. The fourth-order valence-electron chi connectivity index (χ4n) is 2.13. The summed E-state index contributed by atoms with van der Waals surface area (Å²) in [4.78, 5) is 11.4. The third kappa shape index (κ3) is 4.05. The number of ether oxygens (including phenoxy) is 1. The normalized spacial score (nSPS) is 11.7. The van der Waals surface area contributed by atoms with Gasteiger partial charge in [-0.2, -0.15) is 13.2 Å². The van der Waals surface area contributed by atoms with Gasteiger partial charge in [0.15, 0.2) is 0 Å². The van der Waals surface area contributed by atoms with Crippen LogP contribution in [0.2, 0.25) is 0 Å². The number of hydrogen-bond acceptors (Lipinski definition) is 3. The lowest BCUT2D eigenvalue weighted by Crippen LogP contribution is -2.18. The van der Waals surface area contributed by atoms with Crippen molar-refractivity contribution < 1.29 is 22.7 Å².